The molecule has 0 aliphatic rings. The van der Waals surface area contributed by atoms with E-state index < -0.39 is 0 Å². The van der Waals surface area contributed by atoms with Crippen molar-refractivity contribution in [1.29, 1.82) is 0 Å². The van der Waals surface area contributed by atoms with Crippen LogP contribution in [0.4, 0.5) is 0 Å². The minimum Gasteiger partial charge on any atom is -0.265 e. The molecule has 0 aliphatic carbocycles. The van der Waals surface area contributed by atoms with Gasteiger partial charge in [-0.1, -0.05) is 36.4 Å². The van der Waals surface area contributed by atoms with Crippen LogP contribution in [0.2, 0.25) is 0 Å². The molecule has 7 aromatic rings. The molecule has 0 spiro atoms. The Labute approximate surface area is 282 Å². The molecule has 46 heavy (non-hydrogen) atoms. The van der Waals surface area contributed by atoms with Crippen molar-refractivity contribution in [3.63, 3.8) is 0 Å². The molecule has 7 nitrogen and oxygen atoms in total. The van der Waals surface area contributed by atoms with Crippen molar-refractivity contribution >= 4 is 12.2 Å². The van der Waals surface area contributed by atoms with E-state index in [1.54, 1.807) is 37.2 Å². The Morgan fingerprint density at radius 1 is 0.370 bits per heavy atom. The molecular weight excluding hydrogens is 656 g/mol. The van der Waals surface area contributed by atoms with Crippen molar-refractivity contribution in [3.05, 3.63) is 175 Å². The molecule has 0 amide bonds. The molecule has 0 radical (unpaired) electrons. The zero-order chi connectivity index (χ0) is 30.9. The first-order valence-corrected chi connectivity index (χ1v) is 14.4. The molecule has 7 aromatic heterocycles. The van der Waals surface area contributed by atoms with Gasteiger partial charge in [-0.3, -0.25) is 34.9 Å². The van der Waals surface area contributed by atoms with Crippen LogP contribution < -0.4 is 0 Å². The van der Waals surface area contributed by atoms with Gasteiger partial charge in [0.2, 0.25) is 0 Å². The molecule has 0 fully saturated rings. The zero-order valence-corrected chi connectivity index (χ0v) is 26.9. The van der Waals surface area contributed by atoms with Crippen LogP contribution in [0, 0.1) is 6.92 Å². The molecule has 226 valence electrons. The summed E-state index contributed by atoms with van der Waals surface area (Å²) in [6.07, 6.45) is 18.4. The zero-order valence-electron chi connectivity index (χ0n) is 25.1. The normalized spacial score (nSPS) is 10.0. The quantitative estimate of drug-likeness (QED) is 0.168. The second-order valence-corrected chi connectivity index (χ2v) is 9.67. The maximum Gasteiger partial charge on any atom is 0.0892 e. The van der Waals surface area contributed by atoms with Crippen molar-refractivity contribution in [2.75, 3.05) is 0 Å². The second-order valence-electron chi connectivity index (χ2n) is 9.67. The van der Waals surface area contributed by atoms with Crippen LogP contribution in [-0.4, -0.2) is 34.9 Å². The number of aromatic nitrogens is 7. The standard InChI is InChI=1S/C18H15N3.2C10H8N2.Ru/c1-14-4-10-20-17(12-14)18-13-16(7-11-21-18)3-2-15-5-8-19-9-6-15;2*1-3-7-11-9(5-1)10-6-2-4-8-12-10;/h2-13H,1H3;2*1-8H;. The second kappa shape index (κ2) is 18.3. The number of hydrogen-bond donors (Lipinski definition) is 0. The van der Waals surface area contributed by atoms with Gasteiger partial charge in [0.25, 0.3) is 0 Å². The summed E-state index contributed by atoms with van der Waals surface area (Å²) in [7, 11) is 0. The smallest absolute Gasteiger partial charge is 0.0892 e. The average molecular weight is 687 g/mol. The molecule has 0 saturated heterocycles. The Bertz CT molecular complexity index is 1740. The molecule has 7 heterocycles. The van der Waals surface area contributed by atoms with Gasteiger partial charge in [0, 0.05) is 69.1 Å². The monoisotopic (exact) mass is 687 g/mol. The van der Waals surface area contributed by atoms with E-state index >= 15 is 0 Å². The minimum atomic E-state index is 0. The molecule has 8 heteroatoms. The fourth-order valence-electron chi connectivity index (χ4n) is 4.09. The fourth-order valence-corrected chi connectivity index (χ4v) is 4.09. The van der Waals surface area contributed by atoms with E-state index in [0.717, 1.165) is 45.3 Å². The first kappa shape index (κ1) is 33.3. The Morgan fingerprint density at radius 2 is 0.761 bits per heavy atom. The summed E-state index contributed by atoms with van der Waals surface area (Å²) in [4.78, 5) is 29.5. The van der Waals surface area contributed by atoms with Crippen LogP contribution in [0.3, 0.4) is 0 Å². The predicted octanol–water partition coefficient (Wildman–Crippen LogP) is 8.30. The van der Waals surface area contributed by atoms with E-state index in [0.29, 0.717) is 0 Å². The molecule has 0 unspecified atom stereocenters. The van der Waals surface area contributed by atoms with Gasteiger partial charge in [0.1, 0.15) is 0 Å². The van der Waals surface area contributed by atoms with E-state index in [9.17, 15) is 0 Å². The number of rotatable bonds is 5. The SMILES string of the molecule is Cc1ccnc(-c2cc(C=Cc3ccncc3)ccn2)c1.[Ru].c1ccc(-c2ccccn2)nc1.c1ccc(-c2ccccn2)nc1. The van der Waals surface area contributed by atoms with Crippen LogP contribution >= 0.6 is 0 Å². The third kappa shape index (κ3) is 10.5. The maximum atomic E-state index is 4.40. The summed E-state index contributed by atoms with van der Waals surface area (Å²) in [6.45, 7) is 2.05. The first-order valence-electron chi connectivity index (χ1n) is 14.4. The van der Waals surface area contributed by atoms with Crippen LogP contribution in [0.5, 0.6) is 0 Å². The van der Waals surface area contributed by atoms with Crippen molar-refractivity contribution in [2.45, 2.75) is 6.92 Å². The Morgan fingerprint density at radius 3 is 1.20 bits per heavy atom. The van der Waals surface area contributed by atoms with Crippen molar-refractivity contribution in [1.82, 2.24) is 34.9 Å². The Kier molecular flexibility index (Phi) is 13.2. The van der Waals surface area contributed by atoms with E-state index in [1.165, 1.54) is 5.56 Å². The van der Waals surface area contributed by atoms with Crippen LogP contribution in [0.15, 0.2) is 159 Å². The fraction of sp³-hybridized carbons (Fsp3) is 0.0263. The van der Waals surface area contributed by atoms with Gasteiger partial charge in [-0.2, -0.15) is 0 Å². The van der Waals surface area contributed by atoms with Crippen molar-refractivity contribution < 1.29 is 19.5 Å². The van der Waals surface area contributed by atoms with Crippen LogP contribution in [0.25, 0.3) is 46.3 Å². The van der Waals surface area contributed by atoms with Gasteiger partial charge in [0.15, 0.2) is 0 Å². The van der Waals surface area contributed by atoms with Gasteiger partial charge >= 0.3 is 0 Å². The third-order valence-electron chi connectivity index (χ3n) is 6.32. The molecule has 7 rings (SSSR count). The number of aryl methyl sites for hydroxylation is 1. The summed E-state index contributed by atoms with van der Waals surface area (Å²) in [5.74, 6) is 0. The van der Waals surface area contributed by atoms with Gasteiger partial charge in [0.05, 0.1) is 34.2 Å². The van der Waals surface area contributed by atoms with E-state index in [2.05, 4.69) is 54.0 Å². The van der Waals surface area contributed by atoms with Crippen LogP contribution in [0.1, 0.15) is 16.7 Å². The predicted molar refractivity (Wildman–Crippen MR) is 180 cm³/mol. The summed E-state index contributed by atoms with van der Waals surface area (Å²) < 4.78 is 0. The number of hydrogen-bond acceptors (Lipinski definition) is 7. The molecule has 0 aliphatic heterocycles. The van der Waals surface area contributed by atoms with Crippen molar-refractivity contribution in [3.8, 4) is 34.2 Å². The third-order valence-corrected chi connectivity index (χ3v) is 6.32. The summed E-state index contributed by atoms with van der Waals surface area (Å²) in [5.41, 5.74) is 8.84. The first-order chi connectivity index (χ1) is 22.2. The largest absolute Gasteiger partial charge is 0.265 e. The molecular formula is C38H31N7Ru. The van der Waals surface area contributed by atoms with Crippen molar-refractivity contribution in [2.24, 2.45) is 0 Å². The van der Waals surface area contributed by atoms with Gasteiger partial charge < -0.3 is 0 Å². The molecule has 0 aromatic carbocycles. The van der Waals surface area contributed by atoms with E-state index in [-0.39, 0.29) is 19.5 Å². The molecule has 0 N–H and O–H groups in total. The average Bonchev–Trinajstić information content (AvgIpc) is 3.13. The molecule has 0 atom stereocenters. The number of pyridine rings is 7. The maximum absolute atomic E-state index is 4.40. The molecule has 0 bridgehead atoms. The summed E-state index contributed by atoms with van der Waals surface area (Å²) in [5, 5.41) is 0. The Hall–Kier alpha value is -5.59. The summed E-state index contributed by atoms with van der Waals surface area (Å²) in [6, 6.07) is 35.2. The van der Waals surface area contributed by atoms with Gasteiger partial charge in [-0.05, 0) is 109 Å². The minimum absolute atomic E-state index is 0. The topological polar surface area (TPSA) is 90.2 Å². The van der Waals surface area contributed by atoms with Gasteiger partial charge in [-0.25, -0.2) is 0 Å². The van der Waals surface area contributed by atoms with E-state index in [1.807, 2.05) is 122 Å². The number of nitrogens with zero attached hydrogens (tertiary/aromatic N) is 7. The summed E-state index contributed by atoms with van der Waals surface area (Å²) >= 11 is 0. The van der Waals surface area contributed by atoms with Crippen LogP contribution in [-0.2, 0) is 19.5 Å². The molecule has 0 saturated carbocycles. The van der Waals surface area contributed by atoms with E-state index in [4.69, 9.17) is 0 Å². The Balaban J connectivity index is 0.000000165. The van der Waals surface area contributed by atoms with Gasteiger partial charge in [-0.15, -0.1) is 0 Å².